The van der Waals surface area contributed by atoms with Gasteiger partial charge < -0.3 is 14.7 Å². The first-order valence-corrected chi connectivity index (χ1v) is 4.70. The fourth-order valence-electron chi connectivity index (χ4n) is 1.23. The van der Waals surface area contributed by atoms with Crippen molar-refractivity contribution in [3.63, 3.8) is 0 Å². The fraction of sp³-hybridized carbons (Fsp3) is 0.200. The molecule has 0 saturated carbocycles. The molecule has 0 radical (unpaired) electrons. The summed E-state index contributed by atoms with van der Waals surface area (Å²) < 4.78 is 3.98. The highest BCUT2D eigenvalue weighted by molar-refractivity contribution is 6.16. The molecule has 1 rings (SSSR count). The third kappa shape index (κ3) is 2.64. The Morgan fingerprint density at radius 2 is 2.06 bits per heavy atom. The second kappa shape index (κ2) is 4.85. The Morgan fingerprint density at radius 1 is 1.44 bits per heavy atom. The molecular weight excluding hydrogens is 234 g/mol. The predicted molar refractivity (Wildman–Crippen MR) is 58.4 cm³/mol. The molecule has 0 aliphatic rings. The summed E-state index contributed by atoms with van der Waals surface area (Å²) in [5, 5.41) is 12.0. The molecular formula is C10H10ClNO4. The molecule has 5 nitrogen and oxygen atoms in total. The number of nitrogens with one attached hydrogen (secondary N) is 1. The summed E-state index contributed by atoms with van der Waals surface area (Å²) in [7, 11) is 0. The van der Waals surface area contributed by atoms with Crippen molar-refractivity contribution in [2.75, 3.05) is 5.32 Å². The zero-order valence-corrected chi connectivity index (χ0v) is 9.46. The number of amides is 1. The number of halogens is 1. The quantitative estimate of drug-likeness (QED) is 0.833. The average molecular weight is 244 g/mol. The van der Waals surface area contributed by atoms with Gasteiger partial charge in [0.25, 0.3) is 0 Å². The average Bonchev–Trinajstić information content (AvgIpc) is 2.21. The second-order valence-electron chi connectivity index (χ2n) is 3.23. The van der Waals surface area contributed by atoms with Gasteiger partial charge in [-0.3, -0.25) is 4.79 Å². The van der Waals surface area contributed by atoms with Crippen molar-refractivity contribution in [3.05, 3.63) is 23.3 Å². The van der Waals surface area contributed by atoms with Gasteiger partial charge in [-0.2, -0.15) is 0 Å². The van der Waals surface area contributed by atoms with Crippen LogP contribution in [0.3, 0.4) is 0 Å². The molecule has 0 heterocycles. The van der Waals surface area contributed by atoms with Gasteiger partial charge in [-0.15, -0.1) is 0 Å². The highest BCUT2D eigenvalue weighted by Crippen LogP contribution is 2.26. The zero-order valence-electron chi connectivity index (χ0n) is 8.70. The van der Waals surface area contributed by atoms with Crippen molar-refractivity contribution in [2.24, 2.45) is 0 Å². The van der Waals surface area contributed by atoms with Gasteiger partial charge in [-0.1, -0.05) is 0 Å². The number of benzene rings is 1. The third-order valence-corrected chi connectivity index (χ3v) is 2.08. The third-order valence-electron chi connectivity index (χ3n) is 1.94. The van der Waals surface area contributed by atoms with Crippen LogP contribution in [0.4, 0.5) is 5.69 Å². The van der Waals surface area contributed by atoms with Crippen LogP contribution in [0, 0.1) is 6.92 Å². The van der Waals surface area contributed by atoms with Crippen molar-refractivity contribution >= 4 is 29.4 Å². The molecule has 16 heavy (non-hydrogen) atoms. The van der Waals surface area contributed by atoms with Crippen LogP contribution in [0.15, 0.2) is 12.1 Å². The highest BCUT2D eigenvalue weighted by Gasteiger charge is 2.15. The molecule has 0 aliphatic carbocycles. The van der Waals surface area contributed by atoms with Crippen LogP contribution in [0.5, 0.6) is 5.75 Å². The Morgan fingerprint density at radius 3 is 2.56 bits per heavy atom. The van der Waals surface area contributed by atoms with Crippen LogP contribution in [-0.2, 0) is 9.08 Å². The minimum absolute atomic E-state index is 0.0541. The van der Waals surface area contributed by atoms with Crippen molar-refractivity contribution in [1.29, 1.82) is 0 Å². The van der Waals surface area contributed by atoms with E-state index in [0.717, 1.165) is 0 Å². The maximum atomic E-state index is 11.1. The molecule has 0 saturated heterocycles. The van der Waals surface area contributed by atoms with Crippen molar-refractivity contribution in [3.8, 4) is 5.75 Å². The van der Waals surface area contributed by atoms with E-state index in [1.807, 2.05) is 0 Å². The van der Waals surface area contributed by atoms with Gasteiger partial charge in [-0.05, 0) is 18.6 Å². The molecule has 0 aromatic heterocycles. The summed E-state index contributed by atoms with van der Waals surface area (Å²) >= 11 is 4.90. The Hall–Kier alpha value is -1.75. The minimum atomic E-state index is -0.850. The van der Waals surface area contributed by atoms with Gasteiger partial charge in [0.05, 0.1) is 0 Å². The van der Waals surface area contributed by atoms with Gasteiger partial charge >= 0.3 is 5.97 Å². The molecule has 0 bridgehead atoms. The maximum Gasteiger partial charge on any atom is 0.360 e. The number of carbonyl (C=O) groups excluding carboxylic acids is 2. The smallest absolute Gasteiger partial charge is 0.360 e. The number of hydrogen-bond donors (Lipinski definition) is 2. The lowest BCUT2D eigenvalue weighted by Gasteiger charge is -2.09. The standard InChI is InChI=1S/C10H10ClNO4/c1-5-3-7(10(15)16-11)9(14)4-8(5)12-6(2)13/h3-4,14H,1-2H3,(H,12,13). The van der Waals surface area contributed by atoms with Crippen LogP contribution >= 0.6 is 11.9 Å². The number of carbonyl (C=O) groups is 2. The van der Waals surface area contributed by atoms with Crippen LogP contribution in [0.2, 0.25) is 0 Å². The number of aromatic hydroxyl groups is 1. The SMILES string of the molecule is CC(=O)Nc1cc(O)c(C(=O)OCl)cc1C. The Bertz CT molecular complexity index is 445. The second-order valence-corrected chi connectivity index (χ2v) is 3.38. The summed E-state index contributed by atoms with van der Waals surface area (Å²) in [5.74, 6) is -1.42. The van der Waals surface area contributed by atoms with Crippen LogP contribution in [-0.4, -0.2) is 17.0 Å². The van der Waals surface area contributed by atoms with Crippen molar-refractivity contribution in [1.82, 2.24) is 0 Å². The number of anilines is 1. The van der Waals surface area contributed by atoms with E-state index in [1.165, 1.54) is 19.1 Å². The lowest BCUT2D eigenvalue weighted by molar-refractivity contribution is -0.114. The first-order valence-electron chi connectivity index (χ1n) is 4.39. The lowest BCUT2D eigenvalue weighted by Crippen LogP contribution is -2.08. The first-order chi connectivity index (χ1) is 7.45. The summed E-state index contributed by atoms with van der Waals surface area (Å²) in [6.07, 6.45) is 0. The first kappa shape index (κ1) is 12.3. The number of rotatable bonds is 2. The topological polar surface area (TPSA) is 75.6 Å². The van der Waals surface area contributed by atoms with E-state index in [-0.39, 0.29) is 17.2 Å². The van der Waals surface area contributed by atoms with E-state index in [0.29, 0.717) is 11.3 Å². The van der Waals surface area contributed by atoms with E-state index < -0.39 is 5.97 Å². The largest absolute Gasteiger partial charge is 0.507 e. The van der Waals surface area contributed by atoms with Gasteiger partial charge in [0, 0.05) is 18.7 Å². The van der Waals surface area contributed by atoms with Crippen LogP contribution < -0.4 is 5.32 Å². The van der Waals surface area contributed by atoms with E-state index in [4.69, 9.17) is 11.9 Å². The predicted octanol–water partition coefficient (Wildman–Crippen LogP) is 1.97. The molecule has 0 fully saturated rings. The molecule has 1 aromatic carbocycles. The molecule has 1 aromatic rings. The van der Waals surface area contributed by atoms with Gasteiger partial charge in [-0.25, -0.2) is 4.79 Å². The summed E-state index contributed by atoms with van der Waals surface area (Å²) in [6.45, 7) is 3.02. The Labute approximate surface area is 97.1 Å². The van der Waals surface area contributed by atoms with Gasteiger partial charge in [0.2, 0.25) is 5.91 Å². The normalized spacial score (nSPS) is 9.69. The maximum absolute atomic E-state index is 11.1. The van der Waals surface area contributed by atoms with E-state index >= 15 is 0 Å². The molecule has 0 aliphatic heterocycles. The van der Waals surface area contributed by atoms with Gasteiger partial charge in [0.1, 0.15) is 23.2 Å². The fourth-order valence-corrected chi connectivity index (χ4v) is 1.31. The monoisotopic (exact) mass is 243 g/mol. The van der Waals surface area contributed by atoms with E-state index in [9.17, 15) is 14.7 Å². The summed E-state index contributed by atoms with van der Waals surface area (Å²) in [5.41, 5.74) is 0.989. The summed E-state index contributed by atoms with van der Waals surface area (Å²) in [4.78, 5) is 22.0. The molecule has 0 atom stereocenters. The molecule has 1 amide bonds. The molecule has 0 spiro atoms. The Kier molecular flexibility index (Phi) is 3.73. The Balaban J connectivity index is 3.16. The lowest BCUT2D eigenvalue weighted by atomic mass is 10.1. The van der Waals surface area contributed by atoms with Gasteiger partial charge in [0.15, 0.2) is 0 Å². The van der Waals surface area contributed by atoms with Crippen LogP contribution in [0.1, 0.15) is 22.8 Å². The number of phenolic OH excluding ortho intramolecular Hbond substituents is 1. The number of hydrogen-bond acceptors (Lipinski definition) is 4. The van der Waals surface area contributed by atoms with Crippen molar-refractivity contribution < 1.29 is 19.0 Å². The molecule has 2 N–H and O–H groups in total. The minimum Gasteiger partial charge on any atom is -0.507 e. The summed E-state index contributed by atoms with van der Waals surface area (Å²) in [6, 6.07) is 2.64. The number of aryl methyl sites for hydroxylation is 1. The van der Waals surface area contributed by atoms with Crippen LogP contribution in [0.25, 0.3) is 0 Å². The zero-order chi connectivity index (χ0) is 12.3. The van der Waals surface area contributed by atoms with E-state index in [2.05, 4.69) is 9.61 Å². The molecule has 0 unspecified atom stereocenters. The van der Waals surface area contributed by atoms with Crippen molar-refractivity contribution in [2.45, 2.75) is 13.8 Å². The highest BCUT2D eigenvalue weighted by atomic mass is 35.5. The number of phenols is 1. The van der Waals surface area contributed by atoms with E-state index in [1.54, 1.807) is 6.92 Å². The molecule has 86 valence electrons. The molecule has 6 heteroatoms.